The van der Waals surface area contributed by atoms with E-state index in [2.05, 4.69) is 5.32 Å². The first kappa shape index (κ1) is 16.7. The summed E-state index contributed by atoms with van der Waals surface area (Å²) in [7, 11) is 1.53. The van der Waals surface area contributed by atoms with Crippen molar-refractivity contribution in [2.45, 2.75) is 6.10 Å². The van der Waals surface area contributed by atoms with Gasteiger partial charge in [0.25, 0.3) is 5.91 Å². The van der Waals surface area contributed by atoms with Gasteiger partial charge in [0.1, 0.15) is 11.9 Å². The zero-order chi connectivity index (χ0) is 16.1. The van der Waals surface area contributed by atoms with Crippen molar-refractivity contribution in [1.82, 2.24) is 5.32 Å². The number of halogens is 3. The Balaban J connectivity index is 2.07. The van der Waals surface area contributed by atoms with E-state index in [1.54, 1.807) is 6.07 Å². The average Bonchev–Trinajstić information content (AvgIpc) is 2.49. The Hall–Kier alpha value is -1.62. The molecule has 0 spiro atoms. The van der Waals surface area contributed by atoms with Crippen molar-refractivity contribution < 1.29 is 13.9 Å². The Morgan fingerprint density at radius 1 is 1.23 bits per heavy atom. The number of nitrogens with one attached hydrogen (secondary N) is 1. The van der Waals surface area contributed by atoms with Gasteiger partial charge < -0.3 is 10.1 Å². The van der Waals surface area contributed by atoms with Gasteiger partial charge in [-0.2, -0.15) is 0 Å². The predicted octanol–water partition coefficient (Wildman–Crippen LogP) is 4.25. The van der Waals surface area contributed by atoms with Crippen LogP contribution in [0.2, 0.25) is 10.0 Å². The molecule has 0 heterocycles. The molecule has 0 aliphatic rings. The number of rotatable bonds is 5. The summed E-state index contributed by atoms with van der Waals surface area (Å²) in [4.78, 5) is 12.1. The van der Waals surface area contributed by atoms with Crippen molar-refractivity contribution in [3.63, 3.8) is 0 Å². The monoisotopic (exact) mass is 341 g/mol. The molecule has 0 aliphatic carbocycles. The van der Waals surface area contributed by atoms with Crippen LogP contribution < -0.4 is 5.32 Å². The van der Waals surface area contributed by atoms with Crippen molar-refractivity contribution in [2.24, 2.45) is 0 Å². The van der Waals surface area contributed by atoms with Gasteiger partial charge in [-0.1, -0.05) is 41.4 Å². The molecule has 1 unspecified atom stereocenters. The third-order valence-electron chi connectivity index (χ3n) is 3.16. The van der Waals surface area contributed by atoms with Crippen molar-refractivity contribution in [3.8, 4) is 0 Å². The normalized spacial score (nSPS) is 12.0. The molecule has 2 rings (SSSR count). The highest BCUT2D eigenvalue weighted by Crippen LogP contribution is 2.24. The summed E-state index contributed by atoms with van der Waals surface area (Å²) in [5.41, 5.74) is 0.981. The highest BCUT2D eigenvalue weighted by atomic mass is 35.5. The fourth-order valence-corrected chi connectivity index (χ4v) is 2.52. The highest BCUT2D eigenvalue weighted by Gasteiger charge is 2.17. The Kier molecular flexibility index (Phi) is 5.77. The molecule has 1 N–H and O–H groups in total. The molecule has 1 atom stereocenters. The number of hydrogen-bond acceptors (Lipinski definition) is 2. The summed E-state index contributed by atoms with van der Waals surface area (Å²) in [5, 5.41) is 3.32. The molecule has 0 aromatic heterocycles. The minimum Gasteiger partial charge on any atom is -0.375 e. The van der Waals surface area contributed by atoms with Gasteiger partial charge in [0.05, 0.1) is 10.6 Å². The van der Waals surface area contributed by atoms with E-state index < -0.39 is 17.8 Å². The maximum atomic E-state index is 13.0. The van der Waals surface area contributed by atoms with Crippen molar-refractivity contribution >= 4 is 29.1 Å². The van der Waals surface area contributed by atoms with Crippen LogP contribution in [0.15, 0.2) is 42.5 Å². The molecule has 2 aromatic rings. The minimum absolute atomic E-state index is 0.0595. The summed E-state index contributed by atoms with van der Waals surface area (Å²) in [6.07, 6.45) is -0.392. The highest BCUT2D eigenvalue weighted by molar-refractivity contribution is 6.33. The van der Waals surface area contributed by atoms with Crippen LogP contribution in [0.1, 0.15) is 22.0 Å². The molecule has 6 heteroatoms. The van der Waals surface area contributed by atoms with E-state index in [-0.39, 0.29) is 17.1 Å². The third kappa shape index (κ3) is 3.97. The minimum atomic E-state index is -0.493. The summed E-state index contributed by atoms with van der Waals surface area (Å²) in [6.45, 7) is 0.215. The lowest BCUT2D eigenvalue weighted by Crippen LogP contribution is -2.29. The van der Waals surface area contributed by atoms with Gasteiger partial charge in [-0.25, -0.2) is 4.39 Å². The van der Waals surface area contributed by atoms with E-state index in [0.29, 0.717) is 5.02 Å². The smallest absolute Gasteiger partial charge is 0.252 e. The van der Waals surface area contributed by atoms with E-state index in [4.69, 9.17) is 27.9 Å². The average molecular weight is 342 g/mol. The van der Waals surface area contributed by atoms with E-state index in [1.165, 1.54) is 19.2 Å². The Morgan fingerprint density at radius 2 is 1.95 bits per heavy atom. The second-order valence-corrected chi connectivity index (χ2v) is 5.39. The second-order valence-electron chi connectivity index (χ2n) is 4.58. The summed E-state index contributed by atoms with van der Waals surface area (Å²) >= 11 is 12.0. The molecular formula is C16H14Cl2FNO2. The second kappa shape index (κ2) is 7.58. The van der Waals surface area contributed by atoms with Crippen LogP contribution in [-0.4, -0.2) is 19.6 Å². The first-order chi connectivity index (χ1) is 10.5. The summed E-state index contributed by atoms with van der Waals surface area (Å²) in [5.74, 6) is -0.897. The number of hydrogen-bond donors (Lipinski definition) is 1. The standard InChI is InChI=1S/C16H14Cl2FNO2/c1-22-15(11-4-2-3-5-13(11)17)9-20-16(21)12-7-6-10(19)8-14(12)18/h2-8,15H,9H2,1H3,(H,20,21). The lowest BCUT2D eigenvalue weighted by atomic mass is 10.1. The van der Waals surface area contributed by atoms with Gasteiger partial charge in [-0.05, 0) is 24.3 Å². The molecule has 0 radical (unpaired) electrons. The maximum Gasteiger partial charge on any atom is 0.252 e. The lowest BCUT2D eigenvalue weighted by Gasteiger charge is -2.18. The number of amides is 1. The lowest BCUT2D eigenvalue weighted by molar-refractivity contribution is 0.0828. The number of ether oxygens (including phenoxy) is 1. The molecule has 0 aliphatic heterocycles. The molecule has 3 nitrogen and oxygen atoms in total. The van der Waals surface area contributed by atoms with Crippen molar-refractivity contribution in [1.29, 1.82) is 0 Å². The SMILES string of the molecule is COC(CNC(=O)c1ccc(F)cc1Cl)c1ccccc1Cl. The molecule has 0 bridgehead atoms. The molecule has 0 fully saturated rings. The van der Waals surface area contributed by atoms with Crippen LogP contribution in [0.25, 0.3) is 0 Å². The Morgan fingerprint density at radius 3 is 2.59 bits per heavy atom. The van der Waals surface area contributed by atoms with E-state index in [0.717, 1.165) is 11.6 Å². The zero-order valence-corrected chi connectivity index (χ0v) is 13.3. The third-order valence-corrected chi connectivity index (χ3v) is 3.82. The van der Waals surface area contributed by atoms with Gasteiger partial charge >= 0.3 is 0 Å². The fourth-order valence-electron chi connectivity index (χ4n) is 2.01. The summed E-state index contributed by atoms with van der Waals surface area (Å²) < 4.78 is 18.4. The van der Waals surface area contributed by atoms with Crippen LogP contribution in [0.5, 0.6) is 0 Å². The summed E-state index contributed by atoms with van der Waals surface area (Å²) in [6, 6.07) is 10.8. The van der Waals surface area contributed by atoms with Crippen LogP contribution in [-0.2, 0) is 4.74 Å². The Bertz CT molecular complexity index is 679. The number of carbonyl (C=O) groups is 1. The predicted molar refractivity (Wildman–Crippen MR) is 84.9 cm³/mol. The van der Waals surface area contributed by atoms with Crippen LogP contribution >= 0.6 is 23.2 Å². The number of methoxy groups -OCH3 is 1. The first-order valence-corrected chi connectivity index (χ1v) is 7.29. The maximum absolute atomic E-state index is 13.0. The Labute approximate surface area is 138 Å². The van der Waals surface area contributed by atoms with Gasteiger partial charge in [0.15, 0.2) is 0 Å². The van der Waals surface area contributed by atoms with Gasteiger partial charge in [0.2, 0.25) is 0 Å². The van der Waals surface area contributed by atoms with Crippen LogP contribution in [0.3, 0.4) is 0 Å². The van der Waals surface area contributed by atoms with E-state index >= 15 is 0 Å². The molecule has 2 aromatic carbocycles. The molecule has 116 valence electrons. The largest absolute Gasteiger partial charge is 0.375 e. The van der Waals surface area contributed by atoms with Crippen molar-refractivity contribution in [2.75, 3.05) is 13.7 Å². The van der Waals surface area contributed by atoms with Gasteiger partial charge in [-0.3, -0.25) is 4.79 Å². The van der Waals surface area contributed by atoms with E-state index in [1.807, 2.05) is 18.2 Å². The number of carbonyl (C=O) groups excluding carboxylic acids is 1. The first-order valence-electron chi connectivity index (χ1n) is 6.53. The quantitative estimate of drug-likeness (QED) is 0.882. The molecule has 22 heavy (non-hydrogen) atoms. The van der Waals surface area contributed by atoms with Crippen molar-refractivity contribution in [3.05, 3.63) is 69.5 Å². The molecular weight excluding hydrogens is 328 g/mol. The van der Waals surface area contributed by atoms with Crippen LogP contribution in [0.4, 0.5) is 4.39 Å². The van der Waals surface area contributed by atoms with Gasteiger partial charge in [0, 0.05) is 24.2 Å². The van der Waals surface area contributed by atoms with Gasteiger partial charge in [-0.15, -0.1) is 0 Å². The zero-order valence-electron chi connectivity index (χ0n) is 11.8. The fraction of sp³-hybridized carbons (Fsp3) is 0.188. The van der Waals surface area contributed by atoms with Crippen LogP contribution in [0, 0.1) is 5.82 Å². The molecule has 0 saturated heterocycles. The topological polar surface area (TPSA) is 38.3 Å². The van der Waals surface area contributed by atoms with E-state index in [9.17, 15) is 9.18 Å². The number of benzene rings is 2. The molecule has 0 saturated carbocycles. The molecule has 1 amide bonds.